The zero-order chi connectivity index (χ0) is 30.3. The summed E-state index contributed by atoms with van der Waals surface area (Å²) in [6.45, 7) is -0.692. The standard InChI is InChI=1S/C27H27Cl2F3N4O6/c1-41-25-23(35-10-18(33-34-35)12-5-16(30)22(32)17(31)6-12)24(39)21(11-37)42-26(25)27(40)36(19-3-2-4-20(19)38)15-8-13(28)7-14(29)9-15/h5-10,19-21,23-26,37-39H,2-4,11H2,1H3/t19-,20-,21+,23-,24-,25+,26+/m0/s1. The zero-order valence-corrected chi connectivity index (χ0v) is 23.6. The first-order valence-electron chi connectivity index (χ1n) is 13.0. The van der Waals surface area contributed by atoms with Crippen LogP contribution in [-0.2, 0) is 14.3 Å². The Labute approximate surface area is 248 Å². The minimum absolute atomic E-state index is 0.0611. The highest BCUT2D eigenvalue weighted by Gasteiger charge is 2.52. The summed E-state index contributed by atoms with van der Waals surface area (Å²) in [6.07, 6.45) is -3.50. The lowest BCUT2D eigenvalue weighted by Crippen LogP contribution is -2.62. The maximum Gasteiger partial charge on any atom is 0.259 e. The van der Waals surface area contributed by atoms with Crippen LogP contribution in [0.3, 0.4) is 0 Å². The molecule has 226 valence electrons. The molecule has 1 saturated carbocycles. The second-order valence-corrected chi connectivity index (χ2v) is 11.1. The van der Waals surface area contributed by atoms with E-state index < -0.39 is 72.6 Å². The molecule has 1 aliphatic heterocycles. The van der Waals surface area contributed by atoms with Crippen molar-refractivity contribution in [2.24, 2.45) is 0 Å². The van der Waals surface area contributed by atoms with Gasteiger partial charge in [0.25, 0.3) is 5.91 Å². The molecule has 2 fully saturated rings. The molecule has 1 aromatic heterocycles. The lowest BCUT2D eigenvalue weighted by molar-refractivity contribution is -0.211. The van der Waals surface area contributed by atoms with Crippen LogP contribution in [0.5, 0.6) is 0 Å². The summed E-state index contributed by atoms with van der Waals surface area (Å²) in [5.74, 6) is -5.16. The zero-order valence-electron chi connectivity index (χ0n) is 22.1. The molecule has 42 heavy (non-hydrogen) atoms. The van der Waals surface area contributed by atoms with Gasteiger partial charge in [-0.3, -0.25) is 4.79 Å². The molecule has 1 amide bonds. The molecule has 3 aromatic rings. The highest BCUT2D eigenvalue weighted by Crippen LogP contribution is 2.38. The van der Waals surface area contributed by atoms with Crippen LogP contribution in [0.1, 0.15) is 25.3 Å². The minimum Gasteiger partial charge on any atom is -0.394 e. The van der Waals surface area contributed by atoms with Crippen LogP contribution >= 0.6 is 23.2 Å². The third-order valence-corrected chi connectivity index (χ3v) is 8.05. The van der Waals surface area contributed by atoms with Gasteiger partial charge >= 0.3 is 0 Å². The lowest BCUT2D eigenvalue weighted by atomic mass is 9.91. The molecule has 2 aromatic carbocycles. The van der Waals surface area contributed by atoms with E-state index in [0.717, 1.165) is 16.8 Å². The molecule has 2 aliphatic rings. The van der Waals surface area contributed by atoms with E-state index >= 15 is 0 Å². The first kappa shape index (κ1) is 30.7. The van der Waals surface area contributed by atoms with Crippen LogP contribution < -0.4 is 4.90 Å². The van der Waals surface area contributed by atoms with Crippen molar-refractivity contribution in [3.05, 3.63) is 64.0 Å². The van der Waals surface area contributed by atoms with Crippen LogP contribution in [0, 0.1) is 17.5 Å². The molecule has 0 unspecified atom stereocenters. The molecule has 0 bridgehead atoms. The van der Waals surface area contributed by atoms with Gasteiger partial charge in [0, 0.05) is 28.4 Å². The van der Waals surface area contributed by atoms with Crippen molar-refractivity contribution in [3.8, 4) is 11.3 Å². The van der Waals surface area contributed by atoms with Crippen molar-refractivity contribution in [2.75, 3.05) is 18.6 Å². The highest BCUT2D eigenvalue weighted by molar-refractivity contribution is 6.35. The van der Waals surface area contributed by atoms with Gasteiger partial charge in [-0.2, -0.15) is 0 Å². The molecular weight excluding hydrogens is 604 g/mol. The molecule has 0 spiro atoms. The van der Waals surface area contributed by atoms with Crippen LogP contribution in [0.2, 0.25) is 10.0 Å². The van der Waals surface area contributed by atoms with Gasteiger partial charge in [-0.15, -0.1) is 5.10 Å². The first-order valence-corrected chi connectivity index (χ1v) is 13.8. The molecule has 15 heteroatoms. The molecule has 1 aliphatic carbocycles. The number of hydrogen-bond acceptors (Lipinski definition) is 8. The SMILES string of the molecule is CO[C@@H]1[C@@H](n2cc(-c3cc(F)c(F)c(F)c3)nn2)[C@@H](O)[C@@H](CO)O[C@H]1C(=O)N(c1cc(Cl)cc(Cl)c1)[C@H]1CCC[C@@H]1O. The molecule has 0 radical (unpaired) electrons. The lowest BCUT2D eigenvalue weighted by Gasteiger charge is -2.45. The predicted molar refractivity (Wildman–Crippen MR) is 145 cm³/mol. The second-order valence-electron chi connectivity index (χ2n) is 10.2. The molecular formula is C27H27Cl2F3N4O6. The molecule has 3 N–H and O–H groups in total. The third kappa shape index (κ3) is 5.74. The van der Waals surface area contributed by atoms with Crippen molar-refractivity contribution in [1.29, 1.82) is 0 Å². The number of ether oxygens (including phenoxy) is 2. The van der Waals surface area contributed by atoms with Crippen LogP contribution in [0.15, 0.2) is 36.5 Å². The molecule has 1 saturated heterocycles. The number of carbonyl (C=O) groups excluding carboxylic acids is 1. The van der Waals surface area contributed by atoms with Crippen LogP contribution in [0.4, 0.5) is 18.9 Å². The van der Waals surface area contributed by atoms with E-state index in [4.69, 9.17) is 32.7 Å². The molecule has 5 rings (SSSR count). The Morgan fingerprint density at radius 3 is 2.36 bits per heavy atom. The van der Waals surface area contributed by atoms with Gasteiger partial charge in [-0.05, 0) is 49.6 Å². The summed E-state index contributed by atoms with van der Waals surface area (Å²) < 4.78 is 53.9. The van der Waals surface area contributed by atoms with Gasteiger partial charge in [0.2, 0.25) is 0 Å². The number of methoxy groups -OCH3 is 1. The van der Waals surface area contributed by atoms with Gasteiger partial charge in [-0.25, -0.2) is 17.9 Å². The van der Waals surface area contributed by atoms with E-state index in [2.05, 4.69) is 10.3 Å². The van der Waals surface area contributed by atoms with Crippen molar-refractivity contribution in [1.82, 2.24) is 15.0 Å². The third-order valence-electron chi connectivity index (χ3n) is 7.62. The van der Waals surface area contributed by atoms with Crippen molar-refractivity contribution < 1.29 is 42.8 Å². The van der Waals surface area contributed by atoms with E-state index in [0.29, 0.717) is 24.9 Å². The van der Waals surface area contributed by atoms with E-state index in [1.54, 1.807) is 0 Å². The molecule has 7 atom stereocenters. The van der Waals surface area contributed by atoms with Crippen LogP contribution in [-0.4, -0.2) is 86.5 Å². The minimum atomic E-state index is -1.64. The second kappa shape index (κ2) is 12.4. The summed E-state index contributed by atoms with van der Waals surface area (Å²) in [7, 11) is 1.28. The fourth-order valence-corrected chi connectivity index (χ4v) is 6.15. The highest BCUT2D eigenvalue weighted by atomic mass is 35.5. The van der Waals surface area contributed by atoms with Gasteiger partial charge in [0.1, 0.15) is 30.0 Å². The maximum atomic E-state index is 14.3. The van der Waals surface area contributed by atoms with Crippen molar-refractivity contribution in [3.63, 3.8) is 0 Å². The largest absolute Gasteiger partial charge is 0.394 e. The monoisotopic (exact) mass is 630 g/mol. The smallest absolute Gasteiger partial charge is 0.259 e. The number of aromatic nitrogens is 3. The summed E-state index contributed by atoms with van der Waals surface area (Å²) >= 11 is 12.5. The number of hydrogen-bond donors (Lipinski definition) is 3. The Morgan fingerprint density at radius 2 is 1.79 bits per heavy atom. The Bertz CT molecular complexity index is 1420. The number of benzene rings is 2. The van der Waals surface area contributed by atoms with E-state index in [1.165, 1.54) is 36.4 Å². The van der Waals surface area contributed by atoms with Crippen molar-refractivity contribution in [2.45, 2.75) is 61.9 Å². The van der Waals surface area contributed by atoms with Gasteiger partial charge < -0.3 is 29.7 Å². The first-order chi connectivity index (χ1) is 20.0. The summed E-state index contributed by atoms with van der Waals surface area (Å²) in [4.78, 5) is 15.6. The number of nitrogens with zero attached hydrogens (tertiary/aromatic N) is 4. The van der Waals surface area contributed by atoms with E-state index in [9.17, 15) is 33.3 Å². The number of halogens is 5. The van der Waals surface area contributed by atoms with Crippen molar-refractivity contribution >= 4 is 34.8 Å². The topological polar surface area (TPSA) is 130 Å². The fraction of sp³-hybridized carbons (Fsp3) is 0.444. The van der Waals surface area contributed by atoms with Crippen LogP contribution in [0.25, 0.3) is 11.3 Å². The number of rotatable bonds is 7. The number of aliphatic hydroxyl groups excluding tert-OH is 3. The number of carbonyl (C=O) groups is 1. The maximum absolute atomic E-state index is 14.3. The molecule has 10 nitrogen and oxygen atoms in total. The summed E-state index contributed by atoms with van der Waals surface area (Å²) in [6, 6.07) is 4.15. The average Bonchev–Trinajstić information content (AvgIpc) is 3.60. The normalized spacial score (nSPS) is 27.8. The van der Waals surface area contributed by atoms with Gasteiger partial charge in [-0.1, -0.05) is 28.4 Å². The van der Waals surface area contributed by atoms with Gasteiger partial charge in [0.05, 0.1) is 24.9 Å². The van der Waals surface area contributed by atoms with E-state index in [-0.39, 0.29) is 21.3 Å². The Morgan fingerprint density at radius 1 is 1.12 bits per heavy atom. The summed E-state index contributed by atoms with van der Waals surface area (Å²) in [5.41, 5.74) is 0.112. The Kier molecular flexibility index (Phi) is 9.09. The average molecular weight is 631 g/mol. The molecule has 2 heterocycles. The summed E-state index contributed by atoms with van der Waals surface area (Å²) in [5, 5.41) is 40.3. The van der Waals surface area contributed by atoms with Gasteiger partial charge in [0.15, 0.2) is 23.6 Å². The number of anilines is 1. The quantitative estimate of drug-likeness (QED) is 0.339. The Balaban J connectivity index is 1.54. The van der Waals surface area contributed by atoms with E-state index in [1.807, 2.05) is 0 Å². The predicted octanol–water partition coefficient (Wildman–Crippen LogP) is 3.29. The number of aliphatic hydroxyl groups is 3. The fourth-order valence-electron chi connectivity index (χ4n) is 5.64. The Hall–Kier alpha value is -2.78. The number of amides is 1.